The van der Waals surface area contributed by atoms with E-state index in [0.29, 0.717) is 25.5 Å². The summed E-state index contributed by atoms with van der Waals surface area (Å²) in [6.45, 7) is 4.12. The van der Waals surface area contributed by atoms with Crippen LogP contribution in [0, 0.1) is 0 Å². The van der Waals surface area contributed by atoms with E-state index >= 15 is 0 Å². The number of aromatic nitrogens is 4. The van der Waals surface area contributed by atoms with Crippen molar-refractivity contribution in [3.63, 3.8) is 0 Å². The normalized spacial score (nSPS) is 23.9. The maximum absolute atomic E-state index is 13.2. The van der Waals surface area contributed by atoms with Crippen LogP contribution in [0.4, 0.5) is 0 Å². The minimum atomic E-state index is -0.338. The molecular weight excluding hydrogens is 404 g/mol. The summed E-state index contributed by atoms with van der Waals surface area (Å²) in [6, 6.07) is 2.08. The zero-order valence-electron chi connectivity index (χ0n) is 15.3. The van der Waals surface area contributed by atoms with E-state index in [-0.39, 0.29) is 30.0 Å². The molecule has 152 valence electrons. The van der Waals surface area contributed by atoms with Crippen molar-refractivity contribution >= 4 is 29.7 Å². The molecular formula is C17H23ClN6O3S. The number of ether oxygens (including phenoxy) is 2. The molecule has 5 heterocycles. The average Bonchev–Trinajstić information content (AvgIpc) is 3.39. The number of fused-ring (bicyclic) bond motifs is 2. The number of nitrogens with zero attached hydrogens (tertiary/aromatic N) is 4. The number of morpholine rings is 1. The van der Waals surface area contributed by atoms with Gasteiger partial charge in [-0.05, 0) is 37.6 Å². The van der Waals surface area contributed by atoms with Gasteiger partial charge in [0.1, 0.15) is 6.10 Å². The molecule has 3 aliphatic rings. The van der Waals surface area contributed by atoms with Gasteiger partial charge >= 0.3 is 0 Å². The summed E-state index contributed by atoms with van der Waals surface area (Å²) in [5.41, 5.74) is 1.01. The van der Waals surface area contributed by atoms with E-state index in [0.717, 1.165) is 43.8 Å². The molecule has 1 spiro atoms. The Bertz CT molecular complexity index is 823. The first-order valence-corrected chi connectivity index (χ1v) is 10.2. The second kappa shape index (κ2) is 8.03. The lowest BCUT2D eigenvalue weighted by molar-refractivity contribution is -0.0792. The molecule has 9 nitrogen and oxygen atoms in total. The molecule has 3 aliphatic heterocycles. The van der Waals surface area contributed by atoms with Gasteiger partial charge in [0.05, 0.1) is 30.2 Å². The van der Waals surface area contributed by atoms with E-state index in [4.69, 9.17) is 9.47 Å². The van der Waals surface area contributed by atoms with Gasteiger partial charge in [-0.1, -0.05) is 5.21 Å². The molecule has 2 aromatic rings. The van der Waals surface area contributed by atoms with Gasteiger partial charge in [0, 0.05) is 17.8 Å². The summed E-state index contributed by atoms with van der Waals surface area (Å²) in [5, 5.41) is 17.4. The van der Waals surface area contributed by atoms with Crippen molar-refractivity contribution in [1.82, 2.24) is 30.8 Å². The first-order chi connectivity index (χ1) is 13.3. The Kier molecular flexibility index (Phi) is 5.66. The van der Waals surface area contributed by atoms with Gasteiger partial charge in [-0.25, -0.2) is 0 Å². The highest BCUT2D eigenvalue weighted by atomic mass is 35.5. The molecule has 1 atom stereocenters. The van der Waals surface area contributed by atoms with Crippen molar-refractivity contribution in [2.45, 2.75) is 31.0 Å². The number of tetrazole rings is 1. The fourth-order valence-electron chi connectivity index (χ4n) is 4.22. The Balaban J connectivity index is 0.00000192. The van der Waals surface area contributed by atoms with Crippen molar-refractivity contribution < 1.29 is 14.3 Å². The van der Waals surface area contributed by atoms with Crippen LogP contribution in [0.3, 0.4) is 0 Å². The van der Waals surface area contributed by atoms with Gasteiger partial charge in [0.2, 0.25) is 5.82 Å². The molecule has 1 amide bonds. The van der Waals surface area contributed by atoms with Gasteiger partial charge in [-0.15, -0.1) is 33.9 Å². The number of aromatic amines is 1. The second-order valence-corrected chi connectivity index (χ2v) is 8.31. The monoisotopic (exact) mass is 426 g/mol. The van der Waals surface area contributed by atoms with E-state index in [1.165, 1.54) is 10.4 Å². The Hall–Kier alpha value is -1.59. The first kappa shape index (κ1) is 19.7. The molecule has 0 aromatic carbocycles. The number of piperidine rings is 1. The zero-order chi connectivity index (χ0) is 18.3. The number of amides is 1. The van der Waals surface area contributed by atoms with Gasteiger partial charge < -0.3 is 19.7 Å². The van der Waals surface area contributed by atoms with Crippen LogP contribution in [0.15, 0.2) is 6.07 Å². The van der Waals surface area contributed by atoms with Crippen LogP contribution in [0.25, 0.3) is 0 Å². The van der Waals surface area contributed by atoms with Crippen LogP contribution >= 0.6 is 23.7 Å². The minimum absolute atomic E-state index is 0. The highest BCUT2D eigenvalue weighted by molar-refractivity contribution is 7.14. The van der Waals surface area contributed by atoms with Crippen molar-refractivity contribution in [1.29, 1.82) is 0 Å². The number of rotatable bonds is 2. The lowest BCUT2D eigenvalue weighted by atomic mass is 9.83. The topological polar surface area (TPSA) is 105 Å². The van der Waals surface area contributed by atoms with Crippen LogP contribution in [0.1, 0.15) is 44.9 Å². The molecule has 1 unspecified atom stereocenters. The number of carbonyl (C=O) groups is 1. The number of carbonyl (C=O) groups excluding carboxylic acids is 1. The molecule has 5 rings (SSSR count). The van der Waals surface area contributed by atoms with Crippen LogP contribution in [-0.2, 0) is 21.5 Å². The third-order valence-corrected chi connectivity index (χ3v) is 6.82. The first-order valence-electron chi connectivity index (χ1n) is 9.37. The molecule has 2 aromatic heterocycles. The van der Waals surface area contributed by atoms with Gasteiger partial charge in [0.15, 0.2) is 0 Å². The summed E-state index contributed by atoms with van der Waals surface area (Å²) < 4.78 is 11.9. The zero-order valence-corrected chi connectivity index (χ0v) is 17.0. The van der Waals surface area contributed by atoms with Gasteiger partial charge in [-0.3, -0.25) is 4.79 Å². The highest BCUT2D eigenvalue weighted by Crippen LogP contribution is 2.43. The number of halogens is 1. The predicted molar refractivity (Wildman–Crippen MR) is 104 cm³/mol. The van der Waals surface area contributed by atoms with Crippen molar-refractivity contribution in [2.75, 3.05) is 39.4 Å². The van der Waals surface area contributed by atoms with Crippen LogP contribution in [-0.4, -0.2) is 70.8 Å². The summed E-state index contributed by atoms with van der Waals surface area (Å²) in [7, 11) is 0. The standard InChI is InChI=1S/C17H22N6O3S.ClH/c24-16(23-6-8-25-12(10-23)15-19-21-22-20-15)14-9-11-13(27-14)1-7-26-17(11)2-4-18-5-3-17;/h9,12,18H,1-8,10H2,(H,19,20,21,22);1H. The van der Waals surface area contributed by atoms with Crippen LogP contribution < -0.4 is 5.32 Å². The number of nitrogens with one attached hydrogen (secondary N) is 2. The van der Waals surface area contributed by atoms with Crippen molar-refractivity contribution in [3.8, 4) is 0 Å². The van der Waals surface area contributed by atoms with Crippen LogP contribution in [0.5, 0.6) is 0 Å². The molecule has 0 saturated carbocycles. The molecule has 0 radical (unpaired) electrons. The fraction of sp³-hybridized carbons (Fsp3) is 0.647. The highest BCUT2D eigenvalue weighted by Gasteiger charge is 2.41. The number of hydrogen-bond donors (Lipinski definition) is 2. The Morgan fingerprint density at radius 1 is 1.32 bits per heavy atom. The van der Waals surface area contributed by atoms with E-state index in [1.54, 1.807) is 11.3 Å². The molecule has 28 heavy (non-hydrogen) atoms. The average molecular weight is 427 g/mol. The molecule has 2 N–H and O–H groups in total. The largest absolute Gasteiger partial charge is 0.370 e. The third kappa shape index (κ3) is 3.43. The van der Waals surface area contributed by atoms with E-state index in [2.05, 4.69) is 32.0 Å². The fourth-order valence-corrected chi connectivity index (χ4v) is 5.42. The smallest absolute Gasteiger partial charge is 0.264 e. The summed E-state index contributed by atoms with van der Waals surface area (Å²) in [4.78, 5) is 17.1. The van der Waals surface area contributed by atoms with Crippen molar-refractivity contribution in [2.24, 2.45) is 0 Å². The summed E-state index contributed by atoms with van der Waals surface area (Å²) >= 11 is 1.62. The minimum Gasteiger partial charge on any atom is -0.370 e. The number of hydrogen-bond acceptors (Lipinski definition) is 8. The quantitative estimate of drug-likeness (QED) is 0.739. The number of H-pyrrole nitrogens is 1. The Morgan fingerprint density at radius 2 is 2.18 bits per heavy atom. The Labute approximate surface area is 172 Å². The second-order valence-electron chi connectivity index (χ2n) is 7.17. The maximum atomic E-state index is 13.2. The molecule has 2 fully saturated rings. The predicted octanol–water partition coefficient (Wildman–Crippen LogP) is 1.05. The summed E-state index contributed by atoms with van der Waals surface area (Å²) in [6.07, 6.45) is 2.47. The maximum Gasteiger partial charge on any atom is 0.264 e. The van der Waals surface area contributed by atoms with E-state index in [9.17, 15) is 4.79 Å². The molecule has 2 saturated heterocycles. The van der Waals surface area contributed by atoms with E-state index in [1.807, 2.05) is 4.90 Å². The van der Waals surface area contributed by atoms with Crippen LogP contribution in [0.2, 0.25) is 0 Å². The lowest BCUT2D eigenvalue weighted by Gasteiger charge is -2.40. The Morgan fingerprint density at radius 3 is 2.96 bits per heavy atom. The third-order valence-electron chi connectivity index (χ3n) is 5.63. The molecule has 11 heteroatoms. The van der Waals surface area contributed by atoms with E-state index < -0.39 is 0 Å². The summed E-state index contributed by atoms with van der Waals surface area (Å²) in [5.74, 6) is 0.537. The van der Waals surface area contributed by atoms with Gasteiger partial charge in [-0.2, -0.15) is 5.21 Å². The van der Waals surface area contributed by atoms with Crippen molar-refractivity contribution in [3.05, 3.63) is 27.2 Å². The molecule has 0 aliphatic carbocycles. The number of thiophene rings is 1. The SMILES string of the molecule is Cl.O=C(c1cc2c(s1)CCOC21CCNCC1)N1CCOC(c2nn[nH]n2)C1. The van der Waals surface area contributed by atoms with Gasteiger partial charge in [0.25, 0.3) is 5.91 Å². The lowest BCUT2D eigenvalue weighted by Crippen LogP contribution is -2.44. The molecule has 0 bridgehead atoms.